The van der Waals surface area contributed by atoms with Gasteiger partial charge in [0.15, 0.2) is 6.61 Å². The number of amides is 1. The summed E-state index contributed by atoms with van der Waals surface area (Å²) in [4.78, 5) is 25.3. The summed E-state index contributed by atoms with van der Waals surface area (Å²) in [5.74, 6) is 0.277. The second-order valence-electron chi connectivity index (χ2n) is 5.59. The van der Waals surface area contributed by atoms with Crippen LogP contribution in [0.25, 0.3) is 0 Å². The Labute approximate surface area is 150 Å². The summed E-state index contributed by atoms with van der Waals surface area (Å²) in [5.41, 5.74) is 1.57. The van der Waals surface area contributed by atoms with Crippen LogP contribution in [0.2, 0.25) is 0 Å². The molecule has 2 aromatic carbocycles. The number of ether oxygens (including phenoxy) is 1. The van der Waals surface area contributed by atoms with Gasteiger partial charge in [0, 0.05) is 30.1 Å². The number of aryl methyl sites for hydroxylation is 1. The number of carbonyl (C=O) groups is 1. The first kappa shape index (κ1) is 18.8. The van der Waals surface area contributed by atoms with Gasteiger partial charge in [-0.3, -0.25) is 14.9 Å². The Morgan fingerprint density at radius 1 is 1.24 bits per heavy atom. The van der Waals surface area contributed by atoms with Crippen molar-refractivity contribution in [2.75, 3.05) is 19.9 Å². The molecule has 0 aliphatic carbocycles. The molecule has 1 amide bonds. The van der Waals surface area contributed by atoms with Crippen molar-refractivity contribution in [2.24, 2.45) is 0 Å². The van der Waals surface area contributed by atoms with Crippen LogP contribution in [0.5, 0.6) is 5.75 Å². The molecule has 7 heteroatoms. The van der Waals surface area contributed by atoms with Crippen molar-refractivity contribution in [1.29, 1.82) is 0 Å². The van der Waals surface area contributed by atoms with Gasteiger partial charge in [0.05, 0.1) is 4.92 Å². The van der Waals surface area contributed by atoms with Gasteiger partial charge in [-0.05, 0) is 43.0 Å². The number of hydrogen-bond acceptors (Lipinski definition) is 5. The zero-order chi connectivity index (χ0) is 18.4. The van der Waals surface area contributed by atoms with E-state index in [2.05, 4.69) is 0 Å². The zero-order valence-corrected chi connectivity index (χ0v) is 15.2. The molecule has 0 N–H and O–H groups in total. The number of carbonyl (C=O) groups excluding carboxylic acids is 1. The minimum atomic E-state index is -0.444. The summed E-state index contributed by atoms with van der Waals surface area (Å²) in [6.07, 6.45) is 2.02. The monoisotopic (exact) mass is 360 g/mol. The fraction of sp³-hybridized carbons (Fsp3) is 0.278. The van der Waals surface area contributed by atoms with Crippen LogP contribution in [0.3, 0.4) is 0 Å². The minimum absolute atomic E-state index is 0.0319. The van der Waals surface area contributed by atoms with Crippen LogP contribution in [-0.2, 0) is 11.3 Å². The molecule has 25 heavy (non-hydrogen) atoms. The predicted octanol–water partition coefficient (Wildman–Crippen LogP) is 3.66. The average Bonchev–Trinajstić information content (AvgIpc) is 2.60. The highest BCUT2D eigenvalue weighted by Gasteiger charge is 2.13. The van der Waals surface area contributed by atoms with E-state index in [0.29, 0.717) is 17.9 Å². The molecule has 0 heterocycles. The lowest BCUT2D eigenvalue weighted by Crippen LogP contribution is -2.30. The van der Waals surface area contributed by atoms with Crippen LogP contribution in [0.15, 0.2) is 47.4 Å². The van der Waals surface area contributed by atoms with Gasteiger partial charge in [-0.1, -0.05) is 12.1 Å². The van der Waals surface area contributed by atoms with E-state index in [-0.39, 0.29) is 18.2 Å². The molecule has 0 saturated carbocycles. The topological polar surface area (TPSA) is 72.7 Å². The lowest BCUT2D eigenvalue weighted by atomic mass is 10.2. The number of rotatable bonds is 7. The van der Waals surface area contributed by atoms with Gasteiger partial charge in [0.1, 0.15) is 5.75 Å². The quantitative estimate of drug-likeness (QED) is 0.428. The molecule has 0 aliphatic heterocycles. The summed E-state index contributed by atoms with van der Waals surface area (Å²) in [6, 6.07) is 12.5. The number of benzene rings is 2. The van der Waals surface area contributed by atoms with Crippen molar-refractivity contribution >= 4 is 23.4 Å². The summed E-state index contributed by atoms with van der Waals surface area (Å²) < 4.78 is 5.46. The van der Waals surface area contributed by atoms with Gasteiger partial charge in [0.25, 0.3) is 11.6 Å². The molecule has 0 saturated heterocycles. The van der Waals surface area contributed by atoms with Gasteiger partial charge < -0.3 is 9.64 Å². The van der Waals surface area contributed by atoms with Crippen molar-refractivity contribution in [3.8, 4) is 5.75 Å². The molecule has 0 bridgehead atoms. The highest BCUT2D eigenvalue weighted by Crippen LogP contribution is 2.23. The van der Waals surface area contributed by atoms with E-state index in [1.807, 2.05) is 30.5 Å². The van der Waals surface area contributed by atoms with Gasteiger partial charge in [0.2, 0.25) is 0 Å². The van der Waals surface area contributed by atoms with Crippen molar-refractivity contribution in [1.82, 2.24) is 4.90 Å². The Bertz CT molecular complexity index is 762. The molecule has 0 fully saturated rings. The molecular weight excluding hydrogens is 340 g/mol. The molecule has 0 aromatic heterocycles. The number of nitro groups is 1. The standard InChI is InChI=1S/C18H20N2O4S/c1-13-10-15(6-9-17(13)20(22)23)24-12-18(21)19(2)11-14-4-7-16(25-3)8-5-14/h4-10H,11-12H2,1-3H3. The number of nitro benzene ring substituents is 1. The second kappa shape index (κ2) is 8.53. The molecule has 0 radical (unpaired) electrons. The summed E-state index contributed by atoms with van der Waals surface area (Å²) in [7, 11) is 1.72. The molecular formula is C18H20N2O4S. The van der Waals surface area contributed by atoms with E-state index in [4.69, 9.17) is 4.74 Å². The smallest absolute Gasteiger partial charge is 0.272 e. The predicted molar refractivity (Wildman–Crippen MR) is 98.0 cm³/mol. The fourth-order valence-electron chi connectivity index (χ4n) is 2.27. The third-order valence-corrected chi connectivity index (χ3v) is 4.48. The highest BCUT2D eigenvalue weighted by atomic mass is 32.2. The normalized spacial score (nSPS) is 10.4. The number of nitrogens with zero attached hydrogens (tertiary/aromatic N) is 2. The lowest BCUT2D eigenvalue weighted by molar-refractivity contribution is -0.385. The molecule has 0 atom stereocenters. The van der Waals surface area contributed by atoms with Crippen molar-refractivity contribution in [3.63, 3.8) is 0 Å². The van der Waals surface area contributed by atoms with Crippen LogP contribution >= 0.6 is 11.8 Å². The van der Waals surface area contributed by atoms with Crippen molar-refractivity contribution < 1.29 is 14.5 Å². The molecule has 0 unspecified atom stereocenters. The number of likely N-dealkylation sites (N-methyl/N-ethyl adjacent to an activating group) is 1. The molecule has 0 spiro atoms. The lowest BCUT2D eigenvalue weighted by Gasteiger charge is -2.18. The maximum absolute atomic E-state index is 12.2. The molecule has 6 nitrogen and oxygen atoms in total. The van der Waals surface area contributed by atoms with Crippen LogP contribution < -0.4 is 4.74 Å². The van der Waals surface area contributed by atoms with E-state index < -0.39 is 4.92 Å². The van der Waals surface area contributed by atoms with Gasteiger partial charge in [-0.25, -0.2) is 0 Å². The van der Waals surface area contributed by atoms with Crippen molar-refractivity contribution in [3.05, 3.63) is 63.7 Å². The molecule has 2 aromatic rings. The van der Waals surface area contributed by atoms with Crippen molar-refractivity contribution in [2.45, 2.75) is 18.4 Å². The average molecular weight is 360 g/mol. The molecule has 132 valence electrons. The summed E-state index contributed by atoms with van der Waals surface area (Å²) >= 11 is 1.67. The van der Waals surface area contributed by atoms with E-state index in [1.54, 1.807) is 36.7 Å². The third kappa shape index (κ3) is 5.22. The van der Waals surface area contributed by atoms with E-state index in [1.165, 1.54) is 17.0 Å². The Kier molecular flexibility index (Phi) is 6.41. The maximum atomic E-state index is 12.2. The summed E-state index contributed by atoms with van der Waals surface area (Å²) in [6.45, 7) is 2.02. The van der Waals surface area contributed by atoms with E-state index in [9.17, 15) is 14.9 Å². The van der Waals surface area contributed by atoms with Crippen LogP contribution in [0.1, 0.15) is 11.1 Å². The second-order valence-corrected chi connectivity index (χ2v) is 6.47. The first-order valence-electron chi connectivity index (χ1n) is 7.65. The SMILES string of the molecule is CSc1ccc(CN(C)C(=O)COc2ccc([N+](=O)[O-])c(C)c2)cc1. The first-order chi connectivity index (χ1) is 11.9. The van der Waals surface area contributed by atoms with E-state index in [0.717, 1.165) is 5.56 Å². The van der Waals surface area contributed by atoms with Gasteiger partial charge in [-0.15, -0.1) is 11.8 Å². The third-order valence-electron chi connectivity index (χ3n) is 3.73. The fourth-order valence-corrected chi connectivity index (χ4v) is 2.68. The Balaban J connectivity index is 1.90. The number of hydrogen-bond donors (Lipinski definition) is 0. The van der Waals surface area contributed by atoms with Gasteiger partial charge in [-0.2, -0.15) is 0 Å². The largest absolute Gasteiger partial charge is 0.484 e. The Morgan fingerprint density at radius 2 is 1.92 bits per heavy atom. The minimum Gasteiger partial charge on any atom is -0.484 e. The van der Waals surface area contributed by atoms with Crippen LogP contribution in [0.4, 0.5) is 5.69 Å². The summed E-state index contributed by atoms with van der Waals surface area (Å²) in [5, 5.41) is 10.8. The van der Waals surface area contributed by atoms with Crippen LogP contribution in [0, 0.1) is 17.0 Å². The van der Waals surface area contributed by atoms with Gasteiger partial charge >= 0.3 is 0 Å². The molecule has 0 aliphatic rings. The highest BCUT2D eigenvalue weighted by molar-refractivity contribution is 7.98. The number of thioether (sulfide) groups is 1. The Morgan fingerprint density at radius 3 is 2.48 bits per heavy atom. The van der Waals surface area contributed by atoms with E-state index >= 15 is 0 Å². The van der Waals surface area contributed by atoms with Crippen LogP contribution in [-0.4, -0.2) is 35.6 Å². The maximum Gasteiger partial charge on any atom is 0.272 e. The first-order valence-corrected chi connectivity index (χ1v) is 8.88. The molecule has 2 rings (SSSR count). The Hall–Kier alpha value is -2.54. The zero-order valence-electron chi connectivity index (χ0n) is 14.4.